The van der Waals surface area contributed by atoms with E-state index >= 15 is 0 Å². The van der Waals surface area contributed by atoms with Gasteiger partial charge in [-0.1, -0.05) is 12.1 Å². The lowest BCUT2D eigenvalue weighted by Crippen LogP contribution is -2.43. The van der Waals surface area contributed by atoms with Gasteiger partial charge in [-0.15, -0.1) is 0 Å². The van der Waals surface area contributed by atoms with Gasteiger partial charge >= 0.3 is 0 Å². The first-order valence-corrected chi connectivity index (χ1v) is 7.33. The fraction of sp³-hybridized carbons (Fsp3) is 0.500. The molecular formula is C12H18N2O2S. The average Bonchev–Trinajstić information content (AvgIpc) is 2.26. The molecule has 2 unspecified atom stereocenters. The summed E-state index contributed by atoms with van der Waals surface area (Å²) in [7, 11) is -3.26. The van der Waals surface area contributed by atoms with Gasteiger partial charge in [-0.2, -0.15) is 0 Å². The molecule has 94 valence electrons. The zero-order chi connectivity index (χ0) is 12.6. The number of benzene rings is 1. The number of sulfone groups is 1. The number of aryl methyl sites for hydroxylation is 1. The van der Waals surface area contributed by atoms with Crippen LogP contribution in [0.2, 0.25) is 0 Å². The van der Waals surface area contributed by atoms with Gasteiger partial charge < -0.3 is 11.1 Å². The number of hydrogen-bond acceptors (Lipinski definition) is 4. The van der Waals surface area contributed by atoms with Crippen molar-refractivity contribution in [3.63, 3.8) is 0 Å². The highest BCUT2D eigenvalue weighted by Crippen LogP contribution is 2.35. The van der Waals surface area contributed by atoms with E-state index in [1.54, 1.807) is 12.1 Å². The molecule has 5 heteroatoms. The van der Waals surface area contributed by atoms with E-state index in [0.717, 1.165) is 11.3 Å². The van der Waals surface area contributed by atoms with Gasteiger partial charge in [0, 0.05) is 6.04 Å². The maximum absolute atomic E-state index is 12.5. The summed E-state index contributed by atoms with van der Waals surface area (Å²) in [5.74, 6) is 0. The quantitative estimate of drug-likeness (QED) is 0.834. The van der Waals surface area contributed by atoms with Gasteiger partial charge in [0.05, 0.1) is 15.8 Å². The van der Waals surface area contributed by atoms with Crippen molar-refractivity contribution in [2.75, 3.05) is 11.9 Å². The van der Waals surface area contributed by atoms with Gasteiger partial charge in [-0.05, 0) is 38.4 Å². The molecule has 2 rings (SSSR count). The molecular weight excluding hydrogens is 236 g/mol. The van der Waals surface area contributed by atoms with Crippen LogP contribution in [0.4, 0.5) is 5.69 Å². The van der Waals surface area contributed by atoms with Crippen molar-refractivity contribution < 1.29 is 8.42 Å². The number of rotatable bonds is 2. The third-order valence-corrected chi connectivity index (χ3v) is 5.71. The highest BCUT2D eigenvalue weighted by molar-refractivity contribution is 7.92. The summed E-state index contributed by atoms with van der Waals surface area (Å²) in [5.41, 5.74) is 7.21. The topological polar surface area (TPSA) is 72.2 Å². The van der Waals surface area contributed by atoms with Crippen molar-refractivity contribution in [1.82, 2.24) is 0 Å². The first kappa shape index (κ1) is 12.4. The van der Waals surface area contributed by atoms with Crippen molar-refractivity contribution in [2.45, 2.75) is 36.5 Å². The monoisotopic (exact) mass is 254 g/mol. The highest BCUT2D eigenvalue weighted by Gasteiger charge is 2.38. The van der Waals surface area contributed by atoms with Gasteiger partial charge in [0.2, 0.25) is 0 Å². The summed E-state index contributed by atoms with van der Waals surface area (Å²) >= 11 is 0. The van der Waals surface area contributed by atoms with Gasteiger partial charge in [-0.25, -0.2) is 8.42 Å². The molecule has 1 aliphatic rings. The summed E-state index contributed by atoms with van der Waals surface area (Å²) in [5, 5.41) is 2.86. The van der Waals surface area contributed by atoms with Crippen LogP contribution >= 0.6 is 0 Å². The molecule has 1 aromatic carbocycles. The first-order chi connectivity index (χ1) is 7.98. The highest BCUT2D eigenvalue weighted by atomic mass is 32.2. The minimum Gasteiger partial charge on any atom is -0.380 e. The molecule has 2 atom stereocenters. The standard InChI is InChI=1S/C12H18N2O2S/c1-8-4-3-5-11-12(8)14-9(2)10(6-7-13)17(11,15)16/h3-5,9-10,14H,6-7,13H2,1-2H3. The second-order valence-electron chi connectivity index (χ2n) is 4.54. The summed E-state index contributed by atoms with van der Waals surface area (Å²) in [4.78, 5) is 0.411. The number of nitrogens with two attached hydrogens (primary N) is 1. The van der Waals surface area contributed by atoms with E-state index in [4.69, 9.17) is 5.73 Å². The molecule has 1 aromatic rings. The molecule has 0 radical (unpaired) electrons. The van der Waals surface area contributed by atoms with E-state index in [-0.39, 0.29) is 6.04 Å². The van der Waals surface area contributed by atoms with E-state index in [0.29, 0.717) is 17.9 Å². The van der Waals surface area contributed by atoms with Crippen LogP contribution in [0.15, 0.2) is 23.1 Å². The molecule has 0 bridgehead atoms. The van der Waals surface area contributed by atoms with Crippen molar-refractivity contribution in [3.05, 3.63) is 23.8 Å². The Balaban J connectivity index is 2.58. The molecule has 4 nitrogen and oxygen atoms in total. The largest absolute Gasteiger partial charge is 0.380 e. The van der Waals surface area contributed by atoms with Crippen LogP contribution in [0.25, 0.3) is 0 Å². The lowest BCUT2D eigenvalue weighted by atomic mass is 10.1. The van der Waals surface area contributed by atoms with E-state index in [9.17, 15) is 8.42 Å². The van der Waals surface area contributed by atoms with Crippen LogP contribution in [0.5, 0.6) is 0 Å². The molecule has 1 heterocycles. The van der Waals surface area contributed by atoms with Crippen molar-refractivity contribution in [1.29, 1.82) is 0 Å². The summed E-state index contributed by atoms with van der Waals surface area (Å²) in [6.45, 7) is 4.20. The first-order valence-electron chi connectivity index (χ1n) is 5.78. The minimum absolute atomic E-state index is 0.0999. The summed E-state index contributed by atoms with van der Waals surface area (Å²) in [6, 6.07) is 5.26. The maximum Gasteiger partial charge on any atom is 0.185 e. The van der Waals surface area contributed by atoms with Crippen molar-refractivity contribution in [3.8, 4) is 0 Å². The summed E-state index contributed by atoms with van der Waals surface area (Å²) in [6.07, 6.45) is 0.490. The Hall–Kier alpha value is -1.07. The number of fused-ring (bicyclic) bond motifs is 1. The molecule has 0 saturated carbocycles. The number of nitrogens with one attached hydrogen (secondary N) is 1. The predicted molar refractivity (Wildman–Crippen MR) is 68.9 cm³/mol. The van der Waals surface area contributed by atoms with E-state index < -0.39 is 15.1 Å². The van der Waals surface area contributed by atoms with Crippen molar-refractivity contribution in [2.24, 2.45) is 5.73 Å². The summed E-state index contributed by atoms with van der Waals surface area (Å²) < 4.78 is 24.9. The van der Waals surface area contributed by atoms with Gasteiger partial charge in [0.15, 0.2) is 9.84 Å². The normalized spacial score (nSPS) is 26.1. The Morgan fingerprint density at radius 1 is 1.41 bits per heavy atom. The van der Waals surface area contributed by atoms with Crippen LogP contribution in [0.3, 0.4) is 0 Å². The molecule has 1 aliphatic heterocycles. The molecule has 0 aliphatic carbocycles. The SMILES string of the molecule is Cc1cccc2c1NC(C)C(CCN)S2(=O)=O. The smallest absolute Gasteiger partial charge is 0.185 e. The molecule has 0 aromatic heterocycles. The van der Waals surface area contributed by atoms with Crippen LogP contribution in [-0.4, -0.2) is 26.3 Å². The van der Waals surface area contributed by atoms with Gasteiger partial charge in [0.1, 0.15) is 0 Å². The second-order valence-corrected chi connectivity index (χ2v) is 6.68. The predicted octanol–water partition coefficient (Wildman–Crippen LogP) is 1.30. The zero-order valence-corrected chi connectivity index (χ0v) is 10.9. The molecule has 0 spiro atoms. The number of para-hydroxylation sites is 1. The Kier molecular flexibility index (Phi) is 3.14. The van der Waals surface area contributed by atoms with Gasteiger partial charge in [-0.3, -0.25) is 0 Å². The molecule has 17 heavy (non-hydrogen) atoms. The molecule has 3 N–H and O–H groups in total. The molecule has 0 saturated heterocycles. The van der Waals surface area contributed by atoms with Crippen LogP contribution < -0.4 is 11.1 Å². The van der Waals surface area contributed by atoms with Crippen LogP contribution in [0.1, 0.15) is 18.9 Å². The fourth-order valence-electron chi connectivity index (χ4n) is 2.38. The Bertz CT molecular complexity index is 525. The Morgan fingerprint density at radius 2 is 2.12 bits per heavy atom. The Morgan fingerprint density at radius 3 is 2.76 bits per heavy atom. The van der Waals surface area contributed by atoms with Crippen LogP contribution in [-0.2, 0) is 9.84 Å². The fourth-order valence-corrected chi connectivity index (χ4v) is 4.54. The third-order valence-electron chi connectivity index (χ3n) is 3.32. The Labute approximate surface area is 102 Å². The van der Waals surface area contributed by atoms with Crippen molar-refractivity contribution >= 4 is 15.5 Å². The lowest BCUT2D eigenvalue weighted by Gasteiger charge is -2.32. The van der Waals surface area contributed by atoms with Crippen LogP contribution in [0, 0.1) is 6.92 Å². The minimum atomic E-state index is -3.26. The van der Waals surface area contributed by atoms with Gasteiger partial charge in [0.25, 0.3) is 0 Å². The van der Waals surface area contributed by atoms with E-state index in [1.807, 2.05) is 19.9 Å². The lowest BCUT2D eigenvalue weighted by molar-refractivity contribution is 0.548. The van der Waals surface area contributed by atoms with E-state index in [1.165, 1.54) is 0 Å². The second kappa shape index (κ2) is 4.31. The zero-order valence-electron chi connectivity index (χ0n) is 10.1. The molecule has 0 fully saturated rings. The third kappa shape index (κ3) is 1.93. The van der Waals surface area contributed by atoms with E-state index in [2.05, 4.69) is 5.32 Å². The number of hydrogen-bond donors (Lipinski definition) is 2. The number of anilines is 1. The maximum atomic E-state index is 12.5. The average molecular weight is 254 g/mol. The molecule has 0 amide bonds.